The van der Waals surface area contributed by atoms with Crippen molar-refractivity contribution in [3.05, 3.63) is 34.9 Å². The van der Waals surface area contributed by atoms with Gasteiger partial charge in [0.05, 0.1) is 43.5 Å². The number of rotatable bonds is 14. The van der Waals surface area contributed by atoms with Gasteiger partial charge in [-0.1, -0.05) is 72.3 Å². The molecule has 3 heterocycles. The molecule has 23 nitrogen and oxygen atoms in total. The average molecular weight is 1140 g/mol. The van der Waals surface area contributed by atoms with Gasteiger partial charge in [-0.25, -0.2) is 14.4 Å². The number of hydrogen-bond donors (Lipinski definition) is 12. The monoisotopic (exact) mass is 1140 g/mol. The molecule has 3 aliphatic heterocycles. The number of fused-ring (bicyclic) bond motifs is 7. The summed E-state index contributed by atoms with van der Waals surface area (Å²) in [6, 6.07) is 0. The van der Waals surface area contributed by atoms with Gasteiger partial charge in [0, 0.05) is 22.0 Å². The van der Waals surface area contributed by atoms with E-state index in [1.54, 1.807) is 39.8 Å². The van der Waals surface area contributed by atoms with E-state index in [1.807, 2.05) is 34.6 Å². The Morgan fingerprint density at radius 1 is 0.637 bits per heavy atom. The van der Waals surface area contributed by atoms with Crippen molar-refractivity contribution >= 4 is 17.9 Å². The second kappa shape index (κ2) is 22.7. The third kappa shape index (κ3) is 9.76. The molecule has 0 aromatic carbocycles. The molecule has 5 aliphatic carbocycles. The lowest BCUT2D eigenvalue weighted by molar-refractivity contribution is -0.386. The highest BCUT2D eigenvalue weighted by Crippen LogP contribution is 2.76. The fraction of sp³-hybridized carbons (Fsp3) is 0.842. The van der Waals surface area contributed by atoms with Crippen molar-refractivity contribution in [2.75, 3.05) is 19.8 Å². The van der Waals surface area contributed by atoms with Crippen LogP contribution in [0, 0.1) is 50.2 Å². The fourth-order valence-corrected chi connectivity index (χ4v) is 16.2. The molecule has 12 N–H and O–H groups in total. The predicted octanol–water partition coefficient (Wildman–Crippen LogP) is 0.263. The van der Waals surface area contributed by atoms with Gasteiger partial charge >= 0.3 is 17.9 Å². The Bertz CT molecular complexity index is 2390. The van der Waals surface area contributed by atoms with Crippen LogP contribution in [0.25, 0.3) is 0 Å². The van der Waals surface area contributed by atoms with Crippen LogP contribution in [-0.4, -0.2) is 216 Å². The molecule has 4 saturated carbocycles. The van der Waals surface area contributed by atoms with Crippen LogP contribution in [0.15, 0.2) is 34.9 Å². The number of aliphatic carboxylic acids is 1. The molecule has 0 spiro atoms. The topological polar surface area (TPSA) is 368 Å². The fourth-order valence-electron chi connectivity index (χ4n) is 16.2. The second-order valence-corrected chi connectivity index (χ2v) is 26.0. The van der Waals surface area contributed by atoms with Crippen LogP contribution in [0.3, 0.4) is 0 Å². The van der Waals surface area contributed by atoms with Gasteiger partial charge in [-0.3, -0.25) is 0 Å². The molecule has 0 aromatic rings. The number of carboxylic acids is 1. The third-order valence-electron chi connectivity index (χ3n) is 21.4. The third-order valence-corrected chi connectivity index (χ3v) is 21.4. The molecule has 0 amide bonds. The van der Waals surface area contributed by atoms with Crippen molar-refractivity contribution in [2.45, 2.75) is 231 Å². The number of esters is 2. The number of carbonyl (C=O) groups excluding carboxylic acids is 2. The summed E-state index contributed by atoms with van der Waals surface area (Å²) >= 11 is 0. The van der Waals surface area contributed by atoms with Crippen molar-refractivity contribution in [1.29, 1.82) is 0 Å². The largest absolute Gasteiger partial charge is 0.479 e. The first-order valence-electron chi connectivity index (χ1n) is 28.1. The van der Waals surface area contributed by atoms with Gasteiger partial charge in [-0.2, -0.15) is 0 Å². The van der Waals surface area contributed by atoms with E-state index in [-0.39, 0.29) is 23.8 Å². The summed E-state index contributed by atoms with van der Waals surface area (Å²) < 4.78 is 49.0. The number of aliphatic hydroxyl groups excluding tert-OH is 11. The zero-order valence-corrected chi connectivity index (χ0v) is 47.7. The molecule has 26 atom stereocenters. The van der Waals surface area contributed by atoms with Crippen LogP contribution in [-0.2, 0) is 52.3 Å². The lowest BCUT2D eigenvalue weighted by Gasteiger charge is -2.73. The summed E-state index contributed by atoms with van der Waals surface area (Å²) in [6.07, 6.45) is -24.0. The Morgan fingerprint density at radius 3 is 1.71 bits per heavy atom. The Kier molecular flexibility index (Phi) is 17.9. The van der Waals surface area contributed by atoms with Crippen molar-refractivity contribution in [1.82, 2.24) is 0 Å². The van der Waals surface area contributed by atoms with Crippen molar-refractivity contribution in [3.63, 3.8) is 0 Å². The lowest BCUT2D eigenvalue weighted by atomic mass is 9.32. The number of allylic oxidation sites excluding steroid dienone is 3. The molecule has 3 saturated heterocycles. The van der Waals surface area contributed by atoms with Gasteiger partial charge in [0.15, 0.2) is 31.1 Å². The molecule has 454 valence electrons. The molecule has 7 fully saturated rings. The van der Waals surface area contributed by atoms with Gasteiger partial charge in [-0.15, -0.1) is 0 Å². The molecule has 80 heavy (non-hydrogen) atoms. The van der Waals surface area contributed by atoms with Crippen molar-refractivity contribution in [2.24, 2.45) is 50.2 Å². The minimum Gasteiger partial charge on any atom is -0.479 e. The highest BCUT2D eigenvalue weighted by molar-refractivity contribution is 5.89. The highest BCUT2D eigenvalue weighted by Gasteiger charge is 2.76. The summed E-state index contributed by atoms with van der Waals surface area (Å²) in [5, 5.41) is 134. The highest BCUT2D eigenvalue weighted by atomic mass is 16.8. The van der Waals surface area contributed by atoms with E-state index in [0.29, 0.717) is 37.7 Å². The van der Waals surface area contributed by atoms with E-state index in [9.17, 15) is 75.7 Å². The molecule has 0 bridgehead atoms. The standard InChI is InChI=1S/C57H88O23/c1-12-24(3)47(71)79-44-45(80-48(72)25(4)13-2)57(23-60)27(20-52(44,5)6)26-14-15-31-54(9)18-17-32(53(7,8)30(54)16-19-55(31,10)56(26,11)42(67)43(57)68)75-51-41(78-50-37(65)35(63)33(61)28(21-58)73-50)39(38(66)40(77-51)46(69)70)76-49-36(64)34(62)29(22-59)74-49/h12-14,27-45,49-51,58-68H,15-23H2,1-11H3,(H,69,70)/b24-12-,25-13-/t27?,28-,29+,30?,31?,32+,33+,34+,35+,36-,37-,38+,39+,40+,41-,42+,43-,44+,45+,49+,50+,51-,54+,55-,56-,57+/m1/s1. The smallest absolute Gasteiger partial charge is 0.335 e. The summed E-state index contributed by atoms with van der Waals surface area (Å²) in [7, 11) is 0. The Labute approximate surface area is 466 Å². The van der Waals surface area contributed by atoms with Gasteiger partial charge in [-0.05, 0) is 100 Å². The molecule has 0 aromatic heterocycles. The molecule has 3 unspecified atom stereocenters. The van der Waals surface area contributed by atoms with Crippen LogP contribution in [0.2, 0.25) is 0 Å². The minimum absolute atomic E-state index is 0.153. The van der Waals surface area contributed by atoms with E-state index in [2.05, 4.69) is 19.9 Å². The first-order valence-corrected chi connectivity index (χ1v) is 28.1. The summed E-state index contributed by atoms with van der Waals surface area (Å²) in [5.41, 5.74) is -4.40. The number of carboxylic acid groups (broad SMARTS) is 1. The Hall–Kier alpha value is -3.05. The van der Waals surface area contributed by atoms with E-state index in [1.165, 1.54) is 0 Å². The average Bonchev–Trinajstić information content (AvgIpc) is 3.72. The van der Waals surface area contributed by atoms with E-state index < -0.39 is 193 Å². The summed E-state index contributed by atoms with van der Waals surface area (Å²) in [4.78, 5) is 40.3. The van der Waals surface area contributed by atoms with Gasteiger partial charge in [0.1, 0.15) is 67.1 Å². The van der Waals surface area contributed by atoms with E-state index >= 15 is 0 Å². The van der Waals surface area contributed by atoms with Crippen LogP contribution in [0.4, 0.5) is 0 Å². The Balaban J connectivity index is 1.14. The van der Waals surface area contributed by atoms with E-state index in [0.717, 1.165) is 5.57 Å². The normalized spacial score (nSPS) is 49.0. The minimum atomic E-state index is -2.13. The van der Waals surface area contributed by atoms with E-state index in [4.69, 9.17) is 37.9 Å². The molecule has 8 rings (SSSR count). The molecule has 23 heteroatoms. The van der Waals surface area contributed by atoms with Crippen molar-refractivity contribution in [3.8, 4) is 0 Å². The maximum atomic E-state index is 13.9. The number of carbonyl (C=O) groups is 3. The lowest BCUT2D eigenvalue weighted by Crippen LogP contribution is -2.76. The number of ether oxygens (including phenoxy) is 8. The van der Waals surface area contributed by atoms with Gasteiger partial charge in [0.25, 0.3) is 0 Å². The van der Waals surface area contributed by atoms with Crippen LogP contribution in [0.5, 0.6) is 0 Å². The Morgan fingerprint density at radius 2 is 1.18 bits per heavy atom. The zero-order valence-electron chi connectivity index (χ0n) is 47.7. The molecule has 8 aliphatic rings. The maximum absolute atomic E-state index is 13.9. The summed E-state index contributed by atoms with van der Waals surface area (Å²) in [5.74, 6) is -4.01. The van der Waals surface area contributed by atoms with Crippen LogP contribution in [0.1, 0.15) is 115 Å². The predicted molar refractivity (Wildman–Crippen MR) is 277 cm³/mol. The van der Waals surface area contributed by atoms with Gasteiger partial charge in [0.2, 0.25) is 0 Å². The number of aliphatic hydroxyl groups is 11. The molecular weight excluding hydrogens is 1050 g/mol. The quantitative estimate of drug-likeness (QED) is 0.0480. The van der Waals surface area contributed by atoms with Crippen LogP contribution >= 0.6 is 0 Å². The second-order valence-electron chi connectivity index (χ2n) is 26.0. The number of hydrogen-bond acceptors (Lipinski definition) is 22. The summed E-state index contributed by atoms with van der Waals surface area (Å²) in [6.45, 7) is 18.4. The maximum Gasteiger partial charge on any atom is 0.335 e. The zero-order chi connectivity index (χ0) is 59.3. The van der Waals surface area contributed by atoms with Crippen LogP contribution < -0.4 is 0 Å². The first kappa shape index (κ1) is 63.0. The SMILES string of the molecule is C/C=C(/C)C(=O)O[C@H]1[C@H](OC(=O)/C(C)=C\C)[C@@]2(CO)C(CC1(C)C)C1=CCC3[C@@]4(C)CC[C@H](O[C@@H]5O[C@H](C(=O)O)[C@@H](O)[C@H](O[C@@H]6O[C@@H](CO)[C@H](O)[C@H]6O)[C@H]5O[C@@H]5O[C@H](CO)[C@H](O)[C@H](O)[C@H]5O)C(C)(C)C4CC[C@@]3(C)[C@@]1(C)[C@@H](O)[C@H]2O. The van der Waals surface area contributed by atoms with Crippen molar-refractivity contribution < 1.29 is 114 Å². The van der Waals surface area contributed by atoms with Gasteiger partial charge < -0.3 is 99.2 Å². The molecule has 0 radical (unpaired) electrons. The first-order chi connectivity index (χ1) is 37.3. The molecular formula is C57H88O23.